The predicted molar refractivity (Wildman–Crippen MR) is 47.2 cm³/mol. The third kappa shape index (κ3) is 3.48. The third-order valence-electron chi connectivity index (χ3n) is 1.80. The molecule has 0 radical (unpaired) electrons. The molecule has 0 fully saturated rings. The van der Waals surface area contributed by atoms with Gasteiger partial charge in [-0.2, -0.15) is 0 Å². The zero-order valence-electron chi connectivity index (χ0n) is 7.76. The average molecular weight is 172 g/mol. The molecule has 0 aliphatic heterocycles. The summed E-state index contributed by atoms with van der Waals surface area (Å²) in [6.07, 6.45) is 0.479. The van der Waals surface area contributed by atoms with E-state index in [1.54, 1.807) is 0 Å². The molecule has 2 unspecified atom stereocenters. The van der Waals surface area contributed by atoms with Crippen LogP contribution in [-0.2, 0) is 9.53 Å². The van der Waals surface area contributed by atoms with Crippen LogP contribution in [0, 0.1) is 11.3 Å². The molecule has 4 nitrogen and oxygen atoms in total. The molecule has 0 aromatic rings. The van der Waals surface area contributed by atoms with E-state index < -0.39 is 0 Å². The van der Waals surface area contributed by atoms with Gasteiger partial charge in [0.15, 0.2) is 0 Å². The number of nitrogens with one attached hydrogen (secondary N) is 2. The lowest BCUT2D eigenvalue weighted by Gasteiger charge is -2.19. The van der Waals surface area contributed by atoms with Crippen LogP contribution in [0.3, 0.4) is 0 Å². The molecule has 4 heteroatoms. The van der Waals surface area contributed by atoms with Gasteiger partial charge in [0, 0.05) is 12.5 Å². The second-order valence-electron chi connectivity index (χ2n) is 2.62. The van der Waals surface area contributed by atoms with Crippen molar-refractivity contribution in [3.05, 3.63) is 0 Å². The maximum Gasteiger partial charge on any atom is 0.212 e. The Labute approximate surface area is 72.8 Å². The van der Waals surface area contributed by atoms with Crippen molar-refractivity contribution in [1.29, 1.82) is 5.41 Å². The fourth-order valence-corrected chi connectivity index (χ4v) is 0.837. The van der Waals surface area contributed by atoms with Gasteiger partial charge in [-0.25, -0.2) is 0 Å². The van der Waals surface area contributed by atoms with Gasteiger partial charge in [0.05, 0.1) is 6.10 Å². The maximum absolute atomic E-state index is 10.0. The Hall–Kier alpha value is -0.900. The number of carbonyl (C=O) groups excluding carboxylic acids is 1. The first-order valence-electron chi connectivity index (χ1n) is 4.03. The lowest BCUT2D eigenvalue weighted by atomic mass is 10.1. The summed E-state index contributed by atoms with van der Waals surface area (Å²) in [5.74, 6) is 0.126. The van der Waals surface area contributed by atoms with Crippen molar-refractivity contribution in [1.82, 2.24) is 5.32 Å². The first-order chi connectivity index (χ1) is 5.63. The Morgan fingerprint density at radius 3 is 2.67 bits per heavy atom. The van der Waals surface area contributed by atoms with Crippen LogP contribution in [0.15, 0.2) is 0 Å². The molecular formula is C8H16N2O2. The topological polar surface area (TPSA) is 62.2 Å². The van der Waals surface area contributed by atoms with Crippen LogP contribution in [0.25, 0.3) is 0 Å². The molecular weight excluding hydrogens is 156 g/mol. The number of hydrogen-bond donors (Lipinski definition) is 2. The summed E-state index contributed by atoms with van der Waals surface area (Å²) in [5.41, 5.74) is 0. The fourth-order valence-electron chi connectivity index (χ4n) is 0.837. The molecule has 0 rings (SSSR count). The van der Waals surface area contributed by atoms with Crippen molar-refractivity contribution < 1.29 is 9.53 Å². The van der Waals surface area contributed by atoms with E-state index in [1.807, 2.05) is 20.8 Å². The van der Waals surface area contributed by atoms with Crippen molar-refractivity contribution in [2.75, 3.05) is 6.61 Å². The van der Waals surface area contributed by atoms with Crippen LogP contribution in [0.1, 0.15) is 20.8 Å². The zero-order chi connectivity index (χ0) is 9.56. The van der Waals surface area contributed by atoms with Gasteiger partial charge in [-0.15, -0.1) is 0 Å². The fraction of sp³-hybridized carbons (Fsp3) is 0.750. The van der Waals surface area contributed by atoms with E-state index in [-0.39, 0.29) is 17.9 Å². The van der Waals surface area contributed by atoms with Gasteiger partial charge < -0.3 is 10.1 Å². The molecule has 0 heterocycles. The number of carbonyl (C=O) groups is 1. The third-order valence-corrected chi connectivity index (χ3v) is 1.80. The van der Waals surface area contributed by atoms with Crippen molar-refractivity contribution >= 4 is 12.2 Å². The van der Waals surface area contributed by atoms with Crippen LogP contribution in [0.5, 0.6) is 0 Å². The number of amides is 1. The SMILES string of the molecule is CCOC(C)C(C)C(=N)NC=O. The minimum Gasteiger partial charge on any atom is -0.378 e. The van der Waals surface area contributed by atoms with Gasteiger partial charge in [0.1, 0.15) is 5.84 Å². The van der Waals surface area contributed by atoms with Crippen LogP contribution >= 0.6 is 0 Å². The quantitative estimate of drug-likeness (QED) is 0.365. The molecule has 12 heavy (non-hydrogen) atoms. The summed E-state index contributed by atoms with van der Waals surface area (Å²) in [5, 5.41) is 9.69. The Kier molecular flexibility index (Phi) is 5.28. The number of hydrogen-bond acceptors (Lipinski definition) is 3. The second-order valence-corrected chi connectivity index (χ2v) is 2.62. The summed E-state index contributed by atoms with van der Waals surface area (Å²) in [6, 6.07) is 0. The van der Waals surface area contributed by atoms with E-state index >= 15 is 0 Å². The number of ether oxygens (including phenoxy) is 1. The highest BCUT2D eigenvalue weighted by Gasteiger charge is 2.16. The van der Waals surface area contributed by atoms with Crippen molar-refractivity contribution in [2.24, 2.45) is 5.92 Å². The summed E-state index contributed by atoms with van der Waals surface area (Å²) in [4.78, 5) is 10.0. The summed E-state index contributed by atoms with van der Waals surface area (Å²) >= 11 is 0. The van der Waals surface area contributed by atoms with Gasteiger partial charge in [-0.3, -0.25) is 10.2 Å². The minimum absolute atomic E-state index is 0.0325. The van der Waals surface area contributed by atoms with Gasteiger partial charge in [-0.05, 0) is 13.8 Å². The molecule has 0 saturated carbocycles. The van der Waals surface area contributed by atoms with Gasteiger partial charge >= 0.3 is 0 Å². The van der Waals surface area contributed by atoms with Gasteiger partial charge in [0.2, 0.25) is 6.41 Å². The molecule has 2 N–H and O–H groups in total. The van der Waals surface area contributed by atoms with E-state index in [0.29, 0.717) is 13.0 Å². The first kappa shape index (κ1) is 11.1. The Bertz CT molecular complexity index is 159. The van der Waals surface area contributed by atoms with Crippen LogP contribution < -0.4 is 5.32 Å². The molecule has 70 valence electrons. The number of amidine groups is 1. The molecule has 0 spiro atoms. The minimum atomic E-state index is -0.0739. The average Bonchev–Trinajstić information content (AvgIpc) is 2.04. The van der Waals surface area contributed by atoms with Crippen LogP contribution in [0.2, 0.25) is 0 Å². The predicted octanol–water partition coefficient (Wildman–Crippen LogP) is 0.771. The van der Waals surface area contributed by atoms with E-state index in [1.165, 1.54) is 0 Å². The summed E-state index contributed by atoms with van der Waals surface area (Å²) < 4.78 is 5.27. The highest BCUT2D eigenvalue weighted by Crippen LogP contribution is 2.06. The van der Waals surface area contributed by atoms with Crippen LogP contribution in [-0.4, -0.2) is 25.0 Å². The van der Waals surface area contributed by atoms with E-state index in [2.05, 4.69) is 5.32 Å². The lowest BCUT2D eigenvalue weighted by molar-refractivity contribution is -0.108. The smallest absolute Gasteiger partial charge is 0.212 e. The molecule has 0 aromatic heterocycles. The van der Waals surface area contributed by atoms with E-state index in [4.69, 9.17) is 10.1 Å². The molecule has 0 aliphatic rings. The largest absolute Gasteiger partial charge is 0.378 e. The Balaban J connectivity index is 3.90. The molecule has 2 atom stereocenters. The Morgan fingerprint density at radius 2 is 2.25 bits per heavy atom. The molecule has 0 aliphatic carbocycles. The standard InChI is InChI=1S/C8H16N2O2/c1-4-12-7(3)6(2)8(9)10-5-11/h5-7H,4H2,1-3H3,(H2,9,10,11). The second kappa shape index (κ2) is 5.71. The van der Waals surface area contributed by atoms with Gasteiger partial charge in [-0.1, -0.05) is 6.92 Å². The molecule has 0 aromatic carbocycles. The lowest BCUT2D eigenvalue weighted by Crippen LogP contribution is -2.34. The molecule has 1 amide bonds. The van der Waals surface area contributed by atoms with Gasteiger partial charge in [0.25, 0.3) is 0 Å². The zero-order valence-corrected chi connectivity index (χ0v) is 7.76. The van der Waals surface area contributed by atoms with Crippen molar-refractivity contribution in [2.45, 2.75) is 26.9 Å². The molecule has 0 saturated heterocycles. The maximum atomic E-state index is 10.0. The normalized spacial score (nSPS) is 14.9. The van der Waals surface area contributed by atoms with E-state index in [0.717, 1.165) is 0 Å². The summed E-state index contributed by atoms with van der Waals surface area (Å²) in [7, 11) is 0. The van der Waals surface area contributed by atoms with Crippen molar-refractivity contribution in [3.8, 4) is 0 Å². The number of rotatable bonds is 5. The van der Waals surface area contributed by atoms with E-state index in [9.17, 15) is 4.79 Å². The summed E-state index contributed by atoms with van der Waals surface area (Å²) in [6.45, 7) is 6.26. The van der Waals surface area contributed by atoms with Crippen LogP contribution in [0.4, 0.5) is 0 Å². The van der Waals surface area contributed by atoms with Crippen molar-refractivity contribution in [3.63, 3.8) is 0 Å². The highest BCUT2D eigenvalue weighted by molar-refractivity contribution is 5.89. The monoisotopic (exact) mass is 172 g/mol. The Morgan fingerprint density at radius 1 is 1.67 bits per heavy atom. The molecule has 0 bridgehead atoms. The highest BCUT2D eigenvalue weighted by atomic mass is 16.5. The first-order valence-corrected chi connectivity index (χ1v) is 4.03.